The topological polar surface area (TPSA) is 12.0 Å². The van der Waals surface area contributed by atoms with Crippen LogP contribution in [-0.2, 0) is 0 Å². The number of nitrogens with one attached hydrogen (secondary N) is 1. The van der Waals surface area contributed by atoms with Gasteiger partial charge in [0.05, 0.1) is 5.02 Å². The molecule has 1 saturated heterocycles. The Morgan fingerprint density at radius 3 is 2.73 bits per heavy atom. The number of hydrogen-bond acceptors (Lipinski definition) is 1. The molecule has 82 valence electrons. The molecule has 1 nitrogen and oxygen atoms in total. The fourth-order valence-corrected chi connectivity index (χ4v) is 2.13. The van der Waals surface area contributed by atoms with E-state index >= 15 is 0 Å². The van der Waals surface area contributed by atoms with Crippen LogP contribution in [0.3, 0.4) is 0 Å². The number of halogens is 3. The maximum absolute atomic E-state index is 13.6. The maximum Gasteiger partial charge on any atom is 0.149 e. The molecule has 1 aliphatic heterocycles. The fraction of sp³-hybridized carbons (Fsp3) is 0.455. The predicted molar refractivity (Wildman–Crippen MR) is 56.0 cm³/mol. The minimum absolute atomic E-state index is 0.0150. The summed E-state index contributed by atoms with van der Waals surface area (Å²) in [7, 11) is 0. The first-order valence-corrected chi connectivity index (χ1v) is 5.44. The van der Waals surface area contributed by atoms with Crippen molar-refractivity contribution >= 4 is 11.6 Å². The second-order valence-corrected chi connectivity index (χ2v) is 4.17. The summed E-state index contributed by atoms with van der Waals surface area (Å²) in [6.45, 7) is 0.802. The number of hydrogen-bond donors (Lipinski definition) is 1. The molecule has 1 atom stereocenters. The third-order valence-electron chi connectivity index (χ3n) is 2.74. The summed E-state index contributed by atoms with van der Waals surface area (Å²) in [5.41, 5.74) is 0.0854. The number of benzene rings is 1. The minimum Gasteiger partial charge on any atom is -0.310 e. The van der Waals surface area contributed by atoms with E-state index in [9.17, 15) is 8.78 Å². The van der Waals surface area contributed by atoms with Gasteiger partial charge in [-0.1, -0.05) is 18.0 Å². The van der Waals surface area contributed by atoms with Crippen LogP contribution in [0, 0.1) is 11.6 Å². The monoisotopic (exact) mass is 231 g/mol. The largest absolute Gasteiger partial charge is 0.310 e. The molecule has 0 bridgehead atoms. The molecule has 1 heterocycles. The van der Waals surface area contributed by atoms with Gasteiger partial charge < -0.3 is 5.32 Å². The van der Waals surface area contributed by atoms with Gasteiger partial charge in [-0.25, -0.2) is 8.78 Å². The van der Waals surface area contributed by atoms with Crippen LogP contribution in [0.1, 0.15) is 30.9 Å². The van der Waals surface area contributed by atoms with E-state index in [0.717, 1.165) is 25.8 Å². The molecule has 1 unspecified atom stereocenters. The van der Waals surface area contributed by atoms with Crippen molar-refractivity contribution in [2.45, 2.75) is 25.3 Å². The first-order chi connectivity index (χ1) is 7.20. The van der Waals surface area contributed by atoms with E-state index in [2.05, 4.69) is 5.32 Å². The van der Waals surface area contributed by atoms with Gasteiger partial charge in [0.25, 0.3) is 0 Å². The Hall–Kier alpha value is -0.670. The Labute approximate surface area is 92.4 Å². The Balaban J connectivity index is 2.36. The molecule has 0 amide bonds. The molecular weight excluding hydrogens is 220 g/mol. The predicted octanol–water partition coefficient (Wildman–Crippen LogP) is 3.43. The average Bonchev–Trinajstić information content (AvgIpc) is 2.26. The van der Waals surface area contributed by atoms with Crippen LogP contribution in [0.2, 0.25) is 5.02 Å². The molecule has 1 aromatic rings. The Morgan fingerprint density at radius 2 is 2.07 bits per heavy atom. The van der Waals surface area contributed by atoms with Gasteiger partial charge in [-0.15, -0.1) is 0 Å². The smallest absolute Gasteiger partial charge is 0.149 e. The summed E-state index contributed by atoms with van der Waals surface area (Å²) in [6.07, 6.45) is 2.80. The van der Waals surface area contributed by atoms with Crippen molar-refractivity contribution in [3.05, 3.63) is 34.4 Å². The third-order valence-corrected chi connectivity index (χ3v) is 3.03. The summed E-state index contributed by atoms with van der Waals surface area (Å²) >= 11 is 5.64. The zero-order chi connectivity index (χ0) is 10.8. The van der Waals surface area contributed by atoms with Gasteiger partial charge in [-0.3, -0.25) is 0 Å². The fourth-order valence-electron chi connectivity index (χ4n) is 1.96. The lowest BCUT2D eigenvalue weighted by Gasteiger charge is -2.24. The normalized spacial score (nSPS) is 21.7. The standard InChI is InChI=1S/C11H12ClF2N/c12-7-4-5-8(13)10(11(7)14)9-3-1-2-6-15-9/h4-5,9,15H,1-3,6H2. The molecular formula is C11H12ClF2N. The highest BCUT2D eigenvalue weighted by Crippen LogP contribution is 2.30. The van der Waals surface area contributed by atoms with Gasteiger partial charge in [-0.2, -0.15) is 0 Å². The highest BCUT2D eigenvalue weighted by molar-refractivity contribution is 6.30. The zero-order valence-electron chi connectivity index (χ0n) is 8.19. The van der Waals surface area contributed by atoms with E-state index < -0.39 is 11.6 Å². The van der Waals surface area contributed by atoms with Crippen LogP contribution < -0.4 is 5.32 Å². The van der Waals surface area contributed by atoms with E-state index in [1.807, 2.05) is 0 Å². The van der Waals surface area contributed by atoms with Crippen molar-refractivity contribution in [2.24, 2.45) is 0 Å². The molecule has 1 fully saturated rings. The highest BCUT2D eigenvalue weighted by atomic mass is 35.5. The molecule has 1 aliphatic rings. The number of rotatable bonds is 1. The van der Waals surface area contributed by atoms with Gasteiger partial charge in [0.15, 0.2) is 0 Å². The molecule has 0 spiro atoms. The minimum atomic E-state index is -0.629. The van der Waals surface area contributed by atoms with E-state index in [1.54, 1.807) is 0 Å². The molecule has 0 aromatic heterocycles. The molecule has 0 saturated carbocycles. The molecule has 2 rings (SSSR count). The Bertz CT molecular complexity index is 362. The maximum atomic E-state index is 13.6. The van der Waals surface area contributed by atoms with Crippen molar-refractivity contribution in [2.75, 3.05) is 6.54 Å². The van der Waals surface area contributed by atoms with Gasteiger partial charge in [0, 0.05) is 11.6 Å². The third kappa shape index (κ3) is 2.13. The van der Waals surface area contributed by atoms with Crippen LogP contribution in [0.5, 0.6) is 0 Å². The molecule has 1 aromatic carbocycles. The van der Waals surface area contributed by atoms with Crippen molar-refractivity contribution in [1.82, 2.24) is 5.32 Å². The summed E-state index contributed by atoms with van der Waals surface area (Å²) in [5, 5.41) is 3.09. The van der Waals surface area contributed by atoms with Crippen molar-refractivity contribution in [3.8, 4) is 0 Å². The lowest BCUT2D eigenvalue weighted by Crippen LogP contribution is -2.28. The molecule has 15 heavy (non-hydrogen) atoms. The quantitative estimate of drug-likeness (QED) is 0.731. The Morgan fingerprint density at radius 1 is 1.27 bits per heavy atom. The van der Waals surface area contributed by atoms with Crippen LogP contribution in [0.4, 0.5) is 8.78 Å². The first-order valence-electron chi connectivity index (χ1n) is 5.07. The van der Waals surface area contributed by atoms with Gasteiger partial charge in [0.2, 0.25) is 0 Å². The second-order valence-electron chi connectivity index (χ2n) is 3.76. The van der Waals surface area contributed by atoms with Crippen molar-refractivity contribution < 1.29 is 8.78 Å². The van der Waals surface area contributed by atoms with Gasteiger partial charge in [-0.05, 0) is 31.5 Å². The van der Waals surface area contributed by atoms with E-state index in [1.165, 1.54) is 12.1 Å². The lowest BCUT2D eigenvalue weighted by atomic mass is 9.96. The molecule has 0 aliphatic carbocycles. The Kier molecular flexibility index (Phi) is 3.22. The highest BCUT2D eigenvalue weighted by Gasteiger charge is 2.23. The molecule has 4 heteroatoms. The van der Waals surface area contributed by atoms with E-state index in [0.29, 0.717) is 0 Å². The lowest BCUT2D eigenvalue weighted by molar-refractivity contribution is 0.385. The summed E-state index contributed by atoms with van der Waals surface area (Å²) in [5.74, 6) is -1.15. The van der Waals surface area contributed by atoms with E-state index in [4.69, 9.17) is 11.6 Å². The second kappa shape index (κ2) is 4.45. The van der Waals surface area contributed by atoms with Gasteiger partial charge in [0.1, 0.15) is 11.6 Å². The van der Waals surface area contributed by atoms with Crippen molar-refractivity contribution in [1.29, 1.82) is 0 Å². The van der Waals surface area contributed by atoms with Crippen LogP contribution in [0.15, 0.2) is 12.1 Å². The van der Waals surface area contributed by atoms with E-state index in [-0.39, 0.29) is 16.6 Å². The molecule has 0 radical (unpaired) electrons. The van der Waals surface area contributed by atoms with Crippen LogP contribution in [-0.4, -0.2) is 6.54 Å². The van der Waals surface area contributed by atoms with Gasteiger partial charge >= 0.3 is 0 Å². The molecule has 1 N–H and O–H groups in total. The average molecular weight is 232 g/mol. The summed E-state index contributed by atoms with van der Waals surface area (Å²) < 4.78 is 27.1. The first kappa shape index (κ1) is 10.8. The SMILES string of the molecule is Fc1ccc(Cl)c(F)c1C1CCCCN1. The summed E-state index contributed by atoms with van der Waals surface area (Å²) in [6, 6.07) is 2.23. The van der Waals surface area contributed by atoms with Crippen LogP contribution in [0.25, 0.3) is 0 Å². The van der Waals surface area contributed by atoms with Crippen molar-refractivity contribution in [3.63, 3.8) is 0 Å². The summed E-state index contributed by atoms with van der Waals surface area (Å²) in [4.78, 5) is 0. The number of piperidine rings is 1. The zero-order valence-corrected chi connectivity index (χ0v) is 8.95. The van der Waals surface area contributed by atoms with Crippen LogP contribution >= 0.6 is 11.6 Å².